The molecular formula is C20H24N2O3. The van der Waals surface area contributed by atoms with Crippen LogP contribution in [0.1, 0.15) is 15.9 Å². The minimum Gasteiger partial charge on any atom is -0.493 e. The van der Waals surface area contributed by atoms with Crippen LogP contribution in [0.3, 0.4) is 0 Å². The van der Waals surface area contributed by atoms with Crippen LogP contribution in [0.2, 0.25) is 0 Å². The third-order valence-electron chi connectivity index (χ3n) is 3.69. The number of hydrogen-bond acceptors (Lipinski definition) is 4. The zero-order valence-corrected chi connectivity index (χ0v) is 14.9. The highest BCUT2D eigenvalue weighted by atomic mass is 16.5. The van der Waals surface area contributed by atoms with E-state index in [9.17, 15) is 4.79 Å². The van der Waals surface area contributed by atoms with Crippen molar-refractivity contribution in [1.82, 2.24) is 5.32 Å². The summed E-state index contributed by atoms with van der Waals surface area (Å²) in [6.45, 7) is 4.45. The van der Waals surface area contributed by atoms with Gasteiger partial charge in [-0.2, -0.15) is 0 Å². The van der Waals surface area contributed by atoms with E-state index >= 15 is 0 Å². The summed E-state index contributed by atoms with van der Waals surface area (Å²) >= 11 is 0. The fourth-order valence-corrected chi connectivity index (χ4v) is 2.27. The molecule has 0 heterocycles. The van der Waals surface area contributed by atoms with Crippen molar-refractivity contribution in [3.8, 4) is 11.5 Å². The summed E-state index contributed by atoms with van der Waals surface area (Å²) in [7, 11) is 5.53. The second kappa shape index (κ2) is 8.78. The Morgan fingerprint density at radius 1 is 1.16 bits per heavy atom. The van der Waals surface area contributed by atoms with Crippen molar-refractivity contribution in [1.29, 1.82) is 0 Å². The molecule has 1 N–H and O–H groups in total. The van der Waals surface area contributed by atoms with E-state index < -0.39 is 0 Å². The number of hydrogen-bond donors (Lipinski definition) is 1. The van der Waals surface area contributed by atoms with Crippen molar-refractivity contribution >= 4 is 11.6 Å². The van der Waals surface area contributed by atoms with Crippen LogP contribution in [-0.2, 0) is 6.54 Å². The van der Waals surface area contributed by atoms with Crippen LogP contribution in [0.15, 0.2) is 55.1 Å². The lowest BCUT2D eigenvalue weighted by Crippen LogP contribution is -2.22. The molecule has 2 rings (SSSR count). The molecule has 0 atom stereocenters. The molecule has 0 spiro atoms. The molecule has 0 saturated heterocycles. The first-order chi connectivity index (χ1) is 12.0. The van der Waals surface area contributed by atoms with Gasteiger partial charge in [-0.15, -0.1) is 0 Å². The monoisotopic (exact) mass is 340 g/mol. The standard InChI is InChI=1S/C20H24N2O3/c1-5-12-25-18-11-8-16(13-19(18)24-4)20(23)21-14-15-6-9-17(10-7-15)22(2)3/h5-11,13H,1,12,14H2,2-4H3,(H,21,23). The summed E-state index contributed by atoms with van der Waals surface area (Å²) in [4.78, 5) is 14.4. The lowest BCUT2D eigenvalue weighted by Gasteiger charge is -2.13. The van der Waals surface area contributed by atoms with Gasteiger partial charge in [-0.25, -0.2) is 0 Å². The molecule has 2 aromatic rings. The molecule has 0 aliphatic heterocycles. The molecule has 0 aromatic heterocycles. The Labute approximate surface area is 148 Å². The summed E-state index contributed by atoms with van der Waals surface area (Å²) < 4.78 is 10.8. The van der Waals surface area contributed by atoms with E-state index in [-0.39, 0.29) is 5.91 Å². The molecule has 25 heavy (non-hydrogen) atoms. The van der Waals surface area contributed by atoms with Gasteiger partial charge in [0.2, 0.25) is 0 Å². The molecule has 0 radical (unpaired) electrons. The Morgan fingerprint density at radius 3 is 2.48 bits per heavy atom. The molecule has 1 amide bonds. The van der Waals surface area contributed by atoms with Crippen molar-refractivity contribution in [2.45, 2.75) is 6.54 Å². The topological polar surface area (TPSA) is 50.8 Å². The predicted octanol–water partition coefficient (Wildman–Crippen LogP) is 3.26. The van der Waals surface area contributed by atoms with Crippen LogP contribution in [0.4, 0.5) is 5.69 Å². The minimum atomic E-state index is -0.162. The van der Waals surface area contributed by atoms with Crippen LogP contribution in [0.25, 0.3) is 0 Å². The van der Waals surface area contributed by atoms with Crippen molar-refractivity contribution in [3.63, 3.8) is 0 Å². The quantitative estimate of drug-likeness (QED) is 0.750. The predicted molar refractivity (Wildman–Crippen MR) is 101 cm³/mol. The van der Waals surface area contributed by atoms with Crippen LogP contribution in [0.5, 0.6) is 11.5 Å². The van der Waals surface area contributed by atoms with Crippen molar-refractivity contribution in [2.75, 3.05) is 32.7 Å². The van der Waals surface area contributed by atoms with Crippen LogP contribution in [0, 0.1) is 0 Å². The summed E-state index contributed by atoms with van der Waals surface area (Å²) in [6, 6.07) is 13.2. The van der Waals surface area contributed by atoms with E-state index in [4.69, 9.17) is 9.47 Å². The lowest BCUT2D eigenvalue weighted by molar-refractivity contribution is 0.0950. The average molecular weight is 340 g/mol. The molecular weight excluding hydrogens is 316 g/mol. The van der Waals surface area contributed by atoms with E-state index in [2.05, 4.69) is 11.9 Å². The van der Waals surface area contributed by atoms with Crippen molar-refractivity contribution < 1.29 is 14.3 Å². The Morgan fingerprint density at radius 2 is 1.88 bits per heavy atom. The van der Waals surface area contributed by atoms with Crippen LogP contribution in [-0.4, -0.2) is 33.7 Å². The van der Waals surface area contributed by atoms with Gasteiger partial charge in [-0.1, -0.05) is 24.8 Å². The van der Waals surface area contributed by atoms with Gasteiger partial charge in [0.15, 0.2) is 11.5 Å². The number of methoxy groups -OCH3 is 1. The highest BCUT2D eigenvalue weighted by Gasteiger charge is 2.11. The SMILES string of the molecule is C=CCOc1ccc(C(=O)NCc2ccc(N(C)C)cc2)cc1OC. The van der Waals surface area contributed by atoms with Crippen molar-refractivity contribution in [3.05, 3.63) is 66.2 Å². The molecule has 0 unspecified atom stereocenters. The maximum Gasteiger partial charge on any atom is 0.251 e. The third kappa shape index (κ3) is 5.01. The number of ether oxygens (including phenoxy) is 2. The first-order valence-corrected chi connectivity index (χ1v) is 8.01. The number of nitrogens with zero attached hydrogens (tertiary/aromatic N) is 1. The van der Waals surface area contributed by atoms with Gasteiger partial charge < -0.3 is 19.7 Å². The minimum absolute atomic E-state index is 0.162. The van der Waals surface area contributed by atoms with E-state index in [1.165, 1.54) is 0 Å². The smallest absolute Gasteiger partial charge is 0.251 e. The van der Waals surface area contributed by atoms with E-state index in [0.717, 1.165) is 11.3 Å². The molecule has 132 valence electrons. The Balaban J connectivity index is 2.01. The maximum atomic E-state index is 12.4. The first-order valence-electron chi connectivity index (χ1n) is 8.01. The number of anilines is 1. The number of carbonyl (C=O) groups is 1. The highest BCUT2D eigenvalue weighted by Crippen LogP contribution is 2.28. The second-order valence-corrected chi connectivity index (χ2v) is 5.71. The number of benzene rings is 2. The highest BCUT2D eigenvalue weighted by molar-refractivity contribution is 5.94. The summed E-state index contributed by atoms with van der Waals surface area (Å²) in [5.74, 6) is 0.938. The number of nitrogens with one attached hydrogen (secondary N) is 1. The van der Waals surface area contributed by atoms with Crippen LogP contribution < -0.4 is 19.7 Å². The van der Waals surface area contributed by atoms with E-state index in [1.807, 2.05) is 43.3 Å². The van der Waals surface area contributed by atoms with E-state index in [0.29, 0.717) is 30.2 Å². The molecule has 0 bridgehead atoms. The van der Waals surface area contributed by atoms with Gasteiger partial charge in [-0.05, 0) is 35.9 Å². The maximum absolute atomic E-state index is 12.4. The molecule has 0 aliphatic carbocycles. The fraction of sp³-hybridized carbons (Fsp3) is 0.250. The summed E-state index contributed by atoms with van der Waals surface area (Å²) in [6.07, 6.45) is 1.65. The van der Waals surface area contributed by atoms with Gasteiger partial charge in [0.1, 0.15) is 6.61 Å². The number of carbonyl (C=O) groups excluding carboxylic acids is 1. The fourth-order valence-electron chi connectivity index (χ4n) is 2.27. The number of amides is 1. The zero-order chi connectivity index (χ0) is 18.2. The first kappa shape index (κ1) is 18.4. The summed E-state index contributed by atoms with van der Waals surface area (Å²) in [5.41, 5.74) is 2.68. The number of rotatable bonds is 8. The lowest BCUT2D eigenvalue weighted by atomic mass is 10.1. The zero-order valence-electron chi connectivity index (χ0n) is 14.9. The molecule has 5 nitrogen and oxygen atoms in total. The Kier molecular flexibility index (Phi) is 6.46. The van der Waals surface area contributed by atoms with E-state index in [1.54, 1.807) is 31.4 Å². The van der Waals surface area contributed by atoms with Gasteiger partial charge in [0, 0.05) is 31.9 Å². The van der Waals surface area contributed by atoms with Gasteiger partial charge >= 0.3 is 0 Å². The molecule has 0 aliphatic rings. The normalized spacial score (nSPS) is 10.0. The van der Waals surface area contributed by atoms with Gasteiger partial charge in [0.25, 0.3) is 5.91 Å². The summed E-state index contributed by atoms with van der Waals surface area (Å²) in [5, 5.41) is 2.91. The molecule has 5 heteroatoms. The largest absolute Gasteiger partial charge is 0.493 e. The molecule has 2 aromatic carbocycles. The average Bonchev–Trinajstić information content (AvgIpc) is 2.64. The van der Waals surface area contributed by atoms with Crippen LogP contribution >= 0.6 is 0 Å². The molecule has 0 saturated carbocycles. The molecule has 0 fully saturated rings. The third-order valence-corrected chi connectivity index (χ3v) is 3.69. The Bertz CT molecular complexity index is 724. The van der Waals surface area contributed by atoms with Crippen molar-refractivity contribution in [2.24, 2.45) is 0 Å². The van der Waals surface area contributed by atoms with Gasteiger partial charge in [-0.3, -0.25) is 4.79 Å². The second-order valence-electron chi connectivity index (χ2n) is 5.71. The van der Waals surface area contributed by atoms with Gasteiger partial charge in [0.05, 0.1) is 7.11 Å². The Hall–Kier alpha value is -2.95.